The number of amides is 2. The molecule has 6 aromatic rings. The number of halogens is 1. The van der Waals surface area contributed by atoms with Crippen LogP contribution in [0.5, 0.6) is 11.5 Å². The molecule has 0 bridgehead atoms. The van der Waals surface area contributed by atoms with E-state index < -0.39 is 18.2 Å². The predicted molar refractivity (Wildman–Crippen MR) is 239 cm³/mol. The molecular weight excluding hydrogens is 863 g/mol. The normalized spacial score (nSPS) is 22.4. The lowest BCUT2D eigenvalue weighted by molar-refractivity contribution is -0.133. The zero-order valence-corrected chi connectivity index (χ0v) is 35.7. The van der Waals surface area contributed by atoms with Crippen molar-refractivity contribution in [2.45, 2.75) is 36.1 Å². The Kier molecular flexibility index (Phi) is 11.4. The summed E-state index contributed by atoms with van der Waals surface area (Å²) in [6, 6.07) is 39.0. The lowest BCUT2D eigenvalue weighted by atomic mass is 9.79. The maximum Gasteiger partial charge on any atom is 0.499 e. The third-order valence-corrected chi connectivity index (χ3v) is 13.2. The van der Waals surface area contributed by atoms with Gasteiger partial charge in [0, 0.05) is 52.2 Å². The van der Waals surface area contributed by atoms with Crippen molar-refractivity contribution in [3.63, 3.8) is 0 Å². The molecule has 2 amide bonds. The molecular formula is C44H40BBrN6O6S2. The van der Waals surface area contributed by atoms with E-state index in [0.29, 0.717) is 29.1 Å². The van der Waals surface area contributed by atoms with Crippen molar-refractivity contribution in [3.8, 4) is 21.9 Å². The molecule has 12 nitrogen and oxygen atoms in total. The zero-order valence-electron chi connectivity index (χ0n) is 32.5. The van der Waals surface area contributed by atoms with Gasteiger partial charge in [-0.25, -0.2) is 9.98 Å². The largest absolute Gasteiger partial charge is 0.499 e. The van der Waals surface area contributed by atoms with Gasteiger partial charge >= 0.3 is 7.12 Å². The number of hydrogen-bond acceptors (Lipinski definition) is 12. The van der Waals surface area contributed by atoms with E-state index in [1.165, 1.54) is 21.1 Å². The van der Waals surface area contributed by atoms with Crippen LogP contribution < -0.4 is 25.7 Å². The monoisotopic (exact) mass is 902 g/mol. The molecule has 0 saturated carbocycles. The quantitative estimate of drug-likeness (QED) is 0.149. The second kappa shape index (κ2) is 16.7. The fourth-order valence-corrected chi connectivity index (χ4v) is 9.47. The first kappa shape index (κ1) is 41.0. The number of guanidine groups is 2. The molecule has 16 heteroatoms. The molecule has 4 atom stereocenters. The molecule has 4 aromatic carbocycles. The van der Waals surface area contributed by atoms with Gasteiger partial charge in [0.1, 0.15) is 23.7 Å². The number of carbonyl (C=O) groups excluding carboxylic acids is 2. The van der Waals surface area contributed by atoms with Crippen molar-refractivity contribution in [2.75, 3.05) is 14.1 Å². The van der Waals surface area contributed by atoms with Gasteiger partial charge in [-0.15, -0.1) is 11.3 Å². The smallest absolute Gasteiger partial charge is 0.485 e. The minimum absolute atomic E-state index is 0.112. The van der Waals surface area contributed by atoms with Crippen molar-refractivity contribution < 1.29 is 29.1 Å². The summed E-state index contributed by atoms with van der Waals surface area (Å²) in [5, 5.41) is 20.8. The van der Waals surface area contributed by atoms with Gasteiger partial charge in [-0.1, -0.05) is 94.8 Å². The first-order chi connectivity index (χ1) is 28.9. The highest BCUT2D eigenvalue weighted by Gasteiger charge is 2.55. The van der Waals surface area contributed by atoms with Crippen LogP contribution in [0.15, 0.2) is 147 Å². The van der Waals surface area contributed by atoms with Gasteiger partial charge < -0.3 is 31.0 Å². The van der Waals surface area contributed by atoms with Gasteiger partial charge in [-0.3, -0.25) is 19.4 Å². The number of ether oxygens (including phenoxy) is 2. The van der Waals surface area contributed by atoms with Crippen LogP contribution in [0.25, 0.3) is 10.4 Å². The Bertz CT molecular complexity index is 2580. The molecule has 2 spiro atoms. The van der Waals surface area contributed by atoms with Crippen LogP contribution in [0, 0.1) is 0 Å². The number of likely N-dealkylation sites (N-methyl/N-ethyl adjacent to an activating group) is 2. The molecule has 6 N–H and O–H groups in total. The number of carbonyl (C=O) groups is 2. The number of rotatable bonds is 4. The molecule has 4 aliphatic heterocycles. The maximum absolute atomic E-state index is 13.3. The number of nitrogens with two attached hydrogens (primary N) is 2. The molecule has 0 saturated heterocycles. The van der Waals surface area contributed by atoms with Crippen LogP contribution in [0.2, 0.25) is 0 Å². The second-order valence-electron chi connectivity index (χ2n) is 14.5. The number of thiophene rings is 2. The predicted octanol–water partition coefficient (Wildman–Crippen LogP) is 6.30. The Morgan fingerprint density at radius 3 is 1.62 bits per heavy atom. The number of fused-ring (bicyclic) bond motifs is 4. The third kappa shape index (κ3) is 7.61. The van der Waals surface area contributed by atoms with Crippen molar-refractivity contribution >= 4 is 74.2 Å². The first-order valence-corrected chi connectivity index (χ1v) is 21.5. The average Bonchev–Trinajstić information content (AvgIpc) is 4.08. The highest BCUT2D eigenvalue weighted by molar-refractivity contribution is 9.10. The fourth-order valence-electron chi connectivity index (χ4n) is 7.79. The number of nitrogens with zero attached hydrogens (tertiary/aromatic N) is 4. The molecule has 4 unspecified atom stereocenters. The zero-order chi connectivity index (χ0) is 42.2. The van der Waals surface area contributed by atoms with E-state index in [4.69, 9.17) is 31.0 Å². The Balaban J connectivity index is 0.000000142. The molecule has 6 heterocycles. The second-order valence-corrected chi connectivity index (χ2v) is 17.4. The van der Waals surface area contributed by atoms with E-state index in [1.807, 2.05) is 109 Å². The summed E-state index contributed by atoms with van der Waals surface area (Å²) >= 11 is 6.46. The van der Waals surface area contributed by atoms with Crippen molar-refractivity contribution in [1.82, 2.24) is 9.80 Å². The van der Waals surface area contributed by atoms with Crippen molar-refractivity contribution in [2.24, 2.45) is 21.5 Å². The van der Waals surface area contributed by atoms with Gasteiger partial charge in [-0.2, -0.15) is 11.3 Å². The van der Waals surface area contributed by atoms with Crippen molar-refractivity contribution in [1.29, 1.82) is 0 Å². The summed E-state index contributed by atoms with van der Waals surface area (Å²) in [6.45, 7) is 0. The topological polar surface area (TPSA) is 176 Å². The van der Waals surface area contributed by atoms with Gasteiger partial charge in [-0.05, 0) is 69.9 Å². The molecule has 2 aromatic heterocycles. The molecule has 0 fully saturated rings. The van der Waals surface area contributed by atoms with Crippen LogP contribution in [0.1, 0.15) is 47.3 Å². The van der Waals surface area contributed by atoms with E-state index in [0.717, 1.165) is 37.2 Å². The highest BCUT2D eigenvalue weighted by Crippen LogP contribution is 2.52. The first-order valence-electron chi connectivity index (χ1n) is 19.0. The summed E-state index contributed by atoms with van der Waals surface area (Å²) < 4.78 is 14.0. The SMILES string of the molecule is CN1C(=O)C2(CC(c3ccccc3)Oc3ccc(-c4cccs4)cc32)N=C1N.CN1C(=O)C2(CC(c3ccccc3)Oc3ccc(Br)cc32)N=C1N.OB(O)c1cccs1. The van der Waals surface area contributed by atoms with Gasteiger partial charge in [0.25, 0.3) is 11.8 Å². The van der Waals surface area contributed by atoms with Crippen molar-refractivity contribution in [3.05, 3.63) is 159 Å². The number of benzene rings is 4. The van der Waals surface area contributed by atoms with Crippen LogP contribution in [-0.4, -0.2) is 64.8 Å². The number of aliphatic imine (C=N–C) groups is 2. The van der Waals surface area contributed by atoms with Gasteiger partial charge in [0.15, 0.2) is 23.0 Å². The molecule has 0 aliphatic carbocycles. The maximum atomic E-state index is 13.3. The van der Waals surface area contributed by atoms with E-state index in [9.17, 15) is 9.59 Å². The summed E-state index contributed by atoms with van der Waals surface area (Å²) in [4.78, 5) is 39.5. The Morgan fingerprint density at radius 2 is 1.18 bits per heavy atom. The third-order valence-electron chi connectivity index (χ3n) is 10.9. The van der Waals surface area contributed by atoms with Crippen LogP contribution in [0.4, 0.5) is 0 Å². The molecule has 4 aliphatic rings. The molecule has 304 valence electrons. The standard InChI is InChI=1S/C22H19N3O2S.C18H16BrN3O2.C4H5BO2S/c1-25-20(26)22(24-21(25)23)13-18(14-6-3-2-4-7-14)27-17-10-9-15(12-16(17)22)19-8-5-11-28-19;1-22-16(23)18(21-17(22)20)10-15(11-5-3-2-4-6-11)24-14-8-7-12(19)9-13(14)18;6-5(7)4-2-1-3-8-4/h2-12,18H,13H2,1H3,(H2,23,24);2-9,15H,10H2,1H3,(H2,20,21);1-3,6-7H. The van der Waals surface area contributed by atoms with E-state index >= 15 is 0 Å². The average molecular weight is 904 g/mol. The molecule has 0 radical (unpaired) electrons. The number of hydrogen-bond donors (Lipinski definition) is 4. The molecule has 10 rings (SSSR count). The highest BCUT2D eigenvalue weighted by atomic mass is 79.9. The summed E-state index contributed by atoms with van der Waals surface area (Å²) in [5.41, 5.74) is 14.5. The summed E-state index contributed by atoms with van der Waals surface area (Å²) in [5.74, 6) is 1.59. The summed E-state index contributed by atoms with van der Waals surface area (Å²) in [6.07, 6.45) is 0.312. The van der Waals surface area contributed by atoms with Gasteiger partial charge in [0.2, 0.25) is 0 Å². The van der Waals surface area contributed by atoms with Crippen LogP contribution in [-0.2, 0) is 20.7 Å². The van der Waals surface area contributed by atoms with E-state index in [1.54, 1.807) is 42.9 Å². The Morgan fingerprint density at radius 1 is 0.683 bits per heavy atom. The van der Waals surface area contributed by atoms with Crippen LogP contribution >= 0.6 is 38.6 Å². The lowest BCUT2D eigenvalue weighted by Gasteiger charge is -2.37. The Hall–Kier alpha value is -5.78. The minimum atomic E-state index is -1.30. The Labute approximate surface area is 363 Å². The summed E-state index contributed by atoms with van der Waals surface area (Å²) in [7, 11) is 2.03. The van der Waals surface area contributed by atoms with Gasteiger partial charge in [0.05, 0.1) is 0 Å². The van der Waals surface area contributed by atoms with Crippen LogP contribution in [0.3, 0.4) is 0 Å². The lowest BCUT2D eigenvalue weighted by Crippen LogP contribution is -2.43. The van der Waals surface area contributed by atoms with E-state index in [2.05, 4.69) is 32.0 Å². The fraction of sp³-hybridized carbons (Fsp3) is 0.182. The molecule has 60 heavy (non-hydrogen) atoms. The van der Waals surface area contributed by atoms with E-state index in [-0.39, 0.29) is 35.9 Å². The minimum Gasteiger partial charge on any atom is -0.485 e.